The summed E-state index contributed by atoms with van der Waals surface area (Å²) in [6.07, 6.45) is 0.607. The van der Waals surface area contributed by atoms with E-state index in [0.29, 0.717) is 17.0 Å². The van der Waals surface area contributed by atoms with Crippen LogP contribution in [0.25, 0.3) is 0 Å². The molecule has 2 aromatic carbocycles. The molecule has 1 atom stereocenters. The second-order valence-corrected chi connectivity index (χ2v) is 4.77. The van der Waals surface area contributed by atoms with Crippen molar-refractivity contribution in [1.82, 2.24) is 5.32 Å². The molecule has 0 bridgehead atoms. The van der Waals surface area contributed by atoms with Gasteiger partial charge in [-0.1, -0.05) is 29.8 Å². The first-order valence-corrected chi connectivity index (χ1v) is 6.34. The lowest BCUT2D eigenvalue weighted by molar-refractivity contribution is 0.521. The van der Waals surface area contributed by atoms with Gasteiger partial charge >= 0.3 is 0 Å². The molecular formula is C15H14ClF2N. The van der Waals surface area contributed by atoms with Gasteiger partial charge in [0, 0.05) is 22.7 Å². The van der Waals surface area contributed by atoms with E-state index in [1.165, 1.54) is 12.1 Å². The molecule has 19 heavy (non-hydrogen) atoms. The summed E-state index contributed by atoms with van der Waals surface area (Å²) in [7, 11) is 1.75. The Labute approximate surface area is 116 Å². The van der Waals surface area contributed by atoms with E-state index >= 15 is 0 Å². The SMILES string of the molecule is CNC(Cc1ccc(Cl)cc1)c1ccc(F)cc1F. The number of hydrogen-bond donors (Lipinski definition) is 1. The van der Waals surface area contributed by atoms with Gasteiger partial charge in [0.25, 0.3) is 0 Å². The second-order valence-electron chi connectivity index (χ2n) is 4.34. The van der Waals surface area contributed by atoms with Crippen LogP contribution in [0.15, 0.2) is 42.5 Å². The molecule has 1 nitrogen and oxygen atoms in total. The Bertz CT molecular complexity index is 555. The molecule has 0 spiro atoms. The van der Waals surface area contributed by atoms with Gasteiger partial charge in [-0.2, -0.15) is 0 Å². The van der Waals surface area contributed by atoms with Crippen molar-refractivity contribution >= 4 is 11.6 Å². The number of hydrogen-bond acceptors (Lipinski definition) is 1. The van der Waals surface area contributed by atoms with Gasteiger partial charge in [0.1, 0.15) is 11.6 Å². The van der Waals surface area contributed by atoms with Crippen LogP contribution in [0.5, 0.6) is 0 Å². The molecule has 0 aliphatic carbocycles. The molecule has 4 heteroatoms. The molecule has 0 fully saturated rings. The summed E-state index contributed by atoms with van der Waals surface area (Å²) in [5.74, 6) is -1.10. The summed E-state index contributed by atoms with van der Waals surface area (Å²) in [4.78, 5) is 0. The van der Waals surface area contributed by atoms with Crippen molar-refractivity contribution in [2.45, 2.75) is 12.5 Å². The van der Waals surface area contributed by atoms with Gasteiger partial charge in [-0.25, -0.2) is 8.78 Å². The van der Waals surface area contributed by atoms with Crippen LogP contribution in [0.1, 0.15) is 17.2 Å². The Kier molecular flexibility index (Phi) is 4.51. The average Bonchev–Trinajstić information content (AvgIpc) is 2.39. The minimum atomic E-state index is -0.567. The molecule has 1 unspecified atom stereocenters. The largest absolute Gasteiger partial charge is 0.313 e. The van der Waals surface area contributed by atoms with Crippen molar-refractivity contribution in [3.05, 3.63) is 70.2 Å². The van der Waals surface area contributed by atoms with Crippen molar-refractivity contribution in [3.8, 4) is 0 Å². The lowest BCUT2D eigenvalue weighted by atomic mass is 9.98. The maximum absolute atomic E-state index is 13.8. The molecule has 0 saturated carbocycles. The number of halogens is 3. The number of nitrogens with one attached hydrogen (secondary N) is 1. The van der Waals surface area contributed by atoms with E-state index in [4.69, 9.17) is 11.6 Å². The summed E-state index contributed by atoms with van der Waals surface area (Å²) < 4.78 is 26.7. The van der Waals surface area contributed by atoms with Crippen LogP contribution in [0.2, 0.25) is 5.02 Å². The van der Waals surface area contributed by atoms with Gasteiger partial charge in [-0.15, -0.1) is 0 Å². The van der Waals surface area contributed by atoms with Gasteiger partial charge in [0.2, 0.25) is 0 Å². The highest BCUT2D eigenvalue weighted by Gasteiger charge is 2.15. The minimum Gasteiger partial charge on any atom is -0.313 e. The standard InChI is InChI=1S/C15H14ClF2N/c1-19-15(8-10-2-4-11(16)5-3-10)13-7-6-12(17)9-14(13)18/h2-7,9,15,19H,8H2,1H3. The fraction of sp³-hybridized carbons (Fsp3) is 0.200. The van der Waals surface area contributed by atoms with Gasteiger partial charge < -0.3 is 5.32 Å². The predicted octanol–water partition coefficient (Wildman–Crippen LogP) is 4.12. The Morgan fingerprint density at radius 1 is 1.11 bits per heavy atom. The lowest BCUT2D eigenvalue weighted by Crippen LogP contribution is -2.20. The molecule has 2 aromatic rings. The summed E-state index contributed by atoms with van der Waals surface area (Å²) in [6.45, 7) is 0. The van der Waals surface area contributed by atoms with Gasteiger partial charge in [-0.05, 0) is 37.2 Å². The monoisotopic (exact) mass is 281 g/mol. The Morgan fingerprint density at radius 2 is 1.79 bits per heavy atom. The first-order valence-electron chi connectivity index (χ1n) is 5.97. The highest BCUT2D eigenvalue weighted by molar-refractivity contribution is 6.30. The molecule has 2 rings (SSSR count). The summed E-state index contributed by atoms with van der Waals surface area (Å²) in [5.41, 5.74) is 1.49. The average molecular weight is 282 g/mol. The summed E-state index contributed by atoms with van der Waals surface area (Å²) >= 11 is 5.82. The first kappa shape index (κ1) is 14.0. The Hall–Kier alpha value is -1.45. The molecule has 0 aromatic heterocycles. The molecule has 0 aliphatic heterocycles. The zero-order chi connectivity index (χ0) is 13.8. The zero-order valence-electron chi connectivity index (χ0n) is 10.5. The Morgan fingerprint density at radius 3 is 2.37 bits per heavy atom. The van der Waals surface area contributed by atoms with E-state index < -0.39 is 11.6 Å². The molecule has 0 radical (unpaired) electrons. The van der Waals surface area contributed by atoms with E-state index in [2.05, 4.69) is 5.32 Å². The molecular weight excluding hydrogens is 268 g/mol. The fourth-order valence-corrected chi connectivity index (χ4v) is 2.13. The van der Waals surface area contributed by atoms with E-state index in [0.717, 1.165) is 11.6 Å². The minimum absolute atomic E-state index is 0.207. The number of likely N-dealkylation sites (N-methyl/N-ethyl adjacent to an activating group) is 1. The highest BCUT2D eigenvalue weighted by Crippen LogP contribution is 2.22. The maximum atomic E-state index is 13.8. The van der Waals surface area contributed by atoms with Crippen molar-refractivity contribution in [2.24, 2.45) is 0 Å². The Balaban J connectivity index is 2.22. The van der Waals surface area contributed by atoms with Gasteiger partial charge in [0.05, 0.1) is 0 Å². The summed E-state index contributed by atoms with van der Waals surface area (Å²) in [6, 6.07) is 10.8. The van der Waals surface area contributed by atoms with Crippen LogP contribution >= 0.6 is 11.6 Å². The van der Waals surface area contributed by atoms with Gasteiger partial charge in [-0.3, -0.25) is 0 Å². The van der Waals surface area contributed by atoms with Crippen molar-refractivity contribution < 1.29 is 8.78 Å². The second kappa shape index (κ2) is 6.13. The van der Waals surface area contributed by atoms with Gasteiger partial charge in [0.15, 0.2) is 0 Å². The molecule has 0 heterocycles. The summed E-state index contributed by atoms with van der Waals surface area (Å²) in [5, 5.41) is 3.71. The van der Waals surface area contributed by atoms with Crippen molar-refractivity contribution in [2.75, 3.05) is 7.05 Å². The zero-order valence-corrected chi connectivity index (χ0v) is 11.2. The van der Waals surface area contributed by atoms with Crippen LogP contribution in [0, 0.1) is 11.6 Å². The van der Waals surface area contributed by atoms with Crippen molar-refractivity contribution in [1.29, 1.82) is 0 Å². The topological polar surface area (TPSA) is 12.0 Å². The quantitative estimate of drug-likeness (QED) is 0.889. The third-order valence-corrected chi connectivity index (χ3v) is 3.29. The number of benzene rings is 2. The maximum Gasteiger partial charge on any atom is 0.130 e. The van der Waals surface area contributed by atoms with Crippen LogP contribution in [0.3, 0.4) is 0 Å². The molecule has 0 aliphatic rings. The van der Waals surface area contributed by atoms with E-state index in [1.54, 1.807) is 19.2 Å². The van der Waals surface area contributed by atoms with Crippen LogP contribution in [0.4, 0.5) is 8.78 Å². The van der Waals surface area contributed by atoms with Crippen LogP contribution < -0.4 is 5.32 Å². The van der Waals surface area contributed by atoms with Crippen LogP contribution in [-0.4, -0.2) is 7.05 Å². The molecule has 0 saturated heterocycles. The smallest absolute Gasteiger partial charge is 0.130 e. The predicted molar refractivity (Wildman–Crippen MR) is 73.3 cm³/mol. The third kappa shape index (κ3) is 3.52. The molecule has 100 valence electrons. The van der Waals surface area contributed by atoms with E-state index in [9.17, 15) is 8.78 Å². The van der Waals surface area contributed by atoms with E-state index in [1.807, 2.05) is 12.1 Å². The normalized spacial score (nSPS) is 12.4. The lowest BCUT2D eigenvalue weighted by Gasteiger charge is -2.17. The first-order chi connectivity index (χ1) is 9.10. The molecule has 1 N–H and O–H groups in total. The number of rotatable bonds is 4. The van der Waals surface area contributed by atoms with Crippen LogP contribution in [-0.2, 0) is 6.42 Å². The molecule has 0 amide bonds. The fourth-order valence-electron chi connectivity index (χ4n) is 2.01. The van der Waals surface area contributed by atoms with E-state index in [-0.39, 0.29) is 6.04 Å². The highest BCUT2D eigenvalue weighted by atomic mass is 35.5. The third-order valence-electron chi connectivity index (χ3n) is 3.04. The van der Waals surface area contributed by atoms with Crippen molar-refractivity contribution in [3.63, 3.8) is 0 Å².